The van der Waals surface area contributed by atoms with Crippen molar-refractivity contribution in [1.29, 1.82) is 0 Å². The lowest BCUT2D eigenvalue weighted by molar-refractivity contribution is -0.144. The molecule has 0 aliphatic rings. The van der Waals surface area contributed by atoms with E-state index in [4.69, 9.17) is 10.5 Å². The fourth-order valence-corrected chi connectivity index (χ4v) is 2.09. The lowest BCUT2D eigenvalue weighted by Gasteiger charge is -2.07. The molecule has 0 bridgehead atoms. The van der Waals surface area contributed by atoms with Crippen molar-refractivity contribution in [1.82, 2.24) is 0 Å². The molecular formula is C15H13BrFNO2. The first-order valence-corrected chi connectivity index (χ1v) is 6.78. The summed E-state index contributed by atoms with van der Waals surface area (Å²) < 4.78 is 18.9. The van der Waals surface area contributed by atoms with E-state index in [1.807, 2.05) is 0 Å². The Kier molecular flexibility index (Phi) is 4.74. The molecule has 0 aromatic heterocycles. The molecule has 0 atom stereocenters. The van der Waals surface area contributed by atoms with Crippen molar-refractivity contribution in [3.05, 3.63) is 63.9 Å². The largest absolute Gasteiger partial charge is 0.461 e. The zero-order valence-electron chi connectivity index (χ0n) is 10.6. The van der Waals surface area contributed by atoms with Gasteiger partial charge in [-0.3, -0.25) is 4.79 Å². The number of hydrogen-bond donors (Lipinski definition) is 1. The molecule has 2 rings (SSSR count). The zero-order valence-corrected chi connectivity index (χ0v) is 12.2. The number of rotatable bonds is 4. The molecule has 0 saturated carbocycles. The standard InChI is InChI=1S/C15H13BrFNO2/c16-14-5-4-12(17)8-11(14)9-20-15(19)7-10-2-1-3-13(18)6-10/h1-6,8H,7,9,18H2. The van der Waals surface area contributed by atoms with Gasteiger partial charge in [-0.25, -0.2) is 4.39 Å². The Morgan fingerprint density at radius 3 is 2.80 bits per heavy atom. The Labute approximate surface area is 124 Å². The highest BCUT2D eigenvalue weighted by atomic mass is 79.9. The minimum Gasteiger partial charge on any atom is -0.461 e. The van der Waals surface area contributed by atoms with E-state index in [1.165, 1.54) is 12.1 Å². The van der Waals surface area contributed by atoms with Crippen LogP contribution in [0.15, 0.2) is 46.9 Å². The number of nitrogens with two attached hydrogens (primary N) is 1. The average molecular weight is 338 g/mol. The summed E-state index contributed by atoms with van der Waals surface area (Å²) in [5, 5.41) is 0. The van der Waals surface area contributed by atoms with Crippen molar-refractivity contribution >= 4 is 27.6 Å². The average Bonchev–Trinajstić information content (AvgIpc) is 2.40. The number of carbonyl (C=O) groups excluding carboxylic acids is 1. The number of carbonyl (C=O) groups is 1. The number of anilines is 1. The monoisotopic (exact) mass is 337 g/mol. The van der Waals surface area contributed by atoms with Crippen LogP contribution in [0.1, 0.15) is 11.1 Å². The van der Waals surface area contributed by atoms with Crippen molar-refractivity contribution in [2.45, 2.75) is 13.0 Å². The van der Waals surface area contributed by atoms with E-state index in [0.717, 1.165) is 5.56 Å². The smallest absolute Gasteiger partial charge is 0.310 e. The van der Waals surface area contributed by atoms with Crippen LogP contribution < -0.4 is 5.73 Å². The zero-order chi connectivity index (χ0) is 14.5. The Balaban J connectivity index is 1.94. The third-order valence-electron chi connectivity index (χ3n) is 2.70. The molecule has 0 aliphatic carbocycles. The molecule has 0 heterocycles. The van der Waals surface area contributed by atoms with Crippen LogP contribution >= 0.6 is 15.9 Å². The quantitative estimate of drug-likeness (QED) is 0.686. The number of ether oxygens (including phenoxy) is 1. The Morgan fingerprint density at radius 2 is 2.05 bits per heavy atom. The van der Waals surface area contributed by atoms with E-state index in [2.05, 4.69) is 15.9 Å². The molecule has 2 N–H and O–H groups in total. The SMILES string of the molecule is Nc1cccc(CC(=O)OCc2cc(F)ccc2Br)c1. The van der Waals surface area contributed by atoms with Gasteiger partial charge in [0.15, 0.2) is 0 Å². The second kappa shape index (κ2) is 6.52. The van der Waals surface area contributed by atoms with Gasteiger partial charge in [0.2, 0.25) is 0 Å². The molecule has 2 aromatic carbocycles. The van der Waals surface area contributed by atoms with E-state index in [9.17, 15) is 9.18 Å². The molecule has 0 amide bonds. The minimum atomic E-state index is -0.383. The van der Waals surface area contributed by atoms with Gasteiger partial charge >= 0.3 is 5.97 Å². The predicted octanol–water partition coefficient (Wildman–Crippen LogP) is 3.46. The maximum absolute atomic E-state index is 13.1. The minimum absolute atomic E-state index is 0.0273. The van der Waals surface area contributed by atoms with Crippen molar-refractivity contribution in [3.8, 4) is 0 Å². The Bertz CT molecular complexity index is 631. The van der Waals surface area contributed by atoms with Crippen molar-refractivity contribution in [3.63, 3.8) is 0 Å². The molecule has 5 heteroatoms. The molecule has 3 nitrogen and oxygen atoms in total. The van der Waals surface area contributed by atoms with Crippen LogP contribution in [0.3, 0.4) is 0 Å². The normalized spacial score (nSPS) is 10.3. The maximum Gasteiger partial charge on any atom is 0.310 e. The molecule has 0 radical (unpaired) electrons. The van der Waals surface area contributed by atoms with Gasteiger partial charge in [-0.2, -0.15) is 0 Å². The summed E-state index contributed by atoms with van der Waals surface area (Å²) in [5.41, 5.74) is 7.61. The molecule has 104 valence electrons. The van der Waals surface area contributed by atoms with Crippen LogP contribution in [-0.4, -0.2) is 5.97 Å². The first kappa shape index (κ1) is 14.5. The van der Waals surface area contributed by atoms with Gasteiger partial charge in [-0.1, -0.05) is 28.1 Å². The van der Waals surface area contributed by atoms with Gasteiger partial charge < -0.3 is 10.5 Å². The van der Waals surface area contributed by atoms with E-state index < -0.39 is 0 Å². The lowest BCUT2D eigenvalue weighted by Crippen LogP contribution is -2.08. The topological polar surface area (TPSA) is 52.3 Å². The third kappa shape index (κ3) is 4.06. The highest BCUT2D eigenvalue weighted by molar-refractivity contribution is 9.10. The number of esters is 1. The maximum atomic E-state index is 13.1. The van der Waals surface area contributed by atoms with Crippen LogP contribution in [0.4, 0.5) is 10.1 Å². The summed E-state index contributed by atoms with van der Waals surface area (Å²) in [6, 6.07) is 11.3. The summed E-state index contributed by atoms with van der Waals surface area (Å²) in [7, 11) is 0. The van der Waals surface area contributed by atoms with Crippen molar-refractivity contribution in [2.24, 2.45) is 0 Å². The van der Waals surface area contributed by atoms with Crippen LogP contribution in [0, 0.1) is 5.82 Å². The summed E-state index contributed by atoms with van der Waals surface area (Å²) in [6.07, 6.45) is 0.137. The van der Waals surface area contributed by atoms with E-state index in [-0.39, 0.29) is 24.8 Å². The van der Waals surface area contributed by atoms with Gasteiger partial charge in [0.1, 0.15) is 12.4 Å². The first-order valence-electron chi connectivity index (χ1n) is 5.98. The lowest BCUT2D eigenvalue weighted by atomic mass is 10.1. The van der Waals surface area contributed by atoms with Gasteiger partial charge in [0, 0.05) is 15.7 Å². The van der Waals surface area contributed by atoms with Crippen LogP contribution in [0.5, 0.6) is 0 Å². The van der Waals surface area contributed by atoms with E-state index in [1.54, 1.807) is 30.3 Å². The molecule has 0 saturated heterocycles. The van der Waals surface area contributed by atoms with E-state index >= 15 is 0 Å². The highest BCUT2D eigenvalue weighted by Crippen LogP contribution is 2.19. The third-order valence-corrected chi connectivity index (χ3v) is 3.47. The second-order valence-corrected chi connectivity index (χ2v) is 5.17. The van der Waals surface area contributed by atoms with Crippen LogP contribution in [0.2, 0.25) is 0 Å². The van der Waals surface area contributed by atoms with Crippen LogP contribution in [0.25, 0.3) is 0 Å². The van der Waals surface area contributed by atoms with Crippen molar-refractivity contribution in [2.75, 3.05) is 5.73 Å². The molecule has 20 heavy (non-hydrogen) atoms. The number of nitrogen functional groups attached to an aromatic ring is 1. The summed E-state index contributed by atoms with van der Waals surface area (Å²) in [5.74, 6) is -0.748. The fourth-order valence-electron chi connectivity index (χ4n) is 1.73. The van der Waals surface area contributed by atoms with Gasteiger partial charge in [-0.05, 0) is 35.9 Å². The summed E-state index contributed by atoms with van der Waals surface area (Å²) >= 11 is 3.28. The van der Waals surface area contributed by atoms with Gasteiger partial charge in [-0.15, -0.1) is 0 Å². The van der Waals surface area contributed by atoms with Crippen molar-refractivity contribution < 1.29 is 13.9 Å². The molecular weight excluding hydrogens is 325 g/mol. The predicted molar refractivity (Wildman–Crippen MR) is 78.5 cm³/mol. The number of benzene rings is 2. The highest BCUT2D eigenvalue weighted by Gasteiger charge is 2.08. The molecule has 0 spiro atoms. The van der Waals surface area contributed by atoms with Gasteiger partial charge in [0.05, 0.1) is 6.42 Å². The Hall–Kier alpha value is -1.88. The Morgan fingerprint density at radius 1 is 1.25 bits per heavy atom. The number of halogens is 2. The first-order chi connectivity index (χ1) is 9.54. The fraction of sp³-hybridized carbons (Fsp3) is 0.133. The summed E-state index contributed by atoms with van der Waals surface area (Å²) in [4.78, 5) is 11.7. The molecule has 2 aromatic rings. The van der Waals surface area contributed by atoms with Gasteiger partial charge in [0.25, 0.3) is 0 Å². The molecule has 0 fully saturated rings. The number of hydrogen-bond acceptors (Lipinski definition) is 3. The second-order valence-electron chi connectivity index (χ2n) is 4.32. The molecule has 0 unspecified atom stereocenters. The van der Waals surface area contributed by atoms with Crippen LogP contribution in [-0.2, 0) is 22.6 Å². The summed E-state index contributed by atoms with van der Waals surface area (Å²) in [6.45, 7) is 0.0273. The van der Waals surface area contributed by atoms with E-state index in [0.29, 0.717) is 15.7 Å². The molecule has 0 aliphatic heterocycles.